The predicted octanol–water partition coefficient (Wildman–Crippen LogP) is 8.39. The number of aromatic hydroxyl groups is 1. The number of phenolic OH excluding ortho intramolecular Hbond substituents is 1. The van der Waals surface area contributed by atoms with E-state index in [4.69, 9.17) is 4.74 Å². The van der Waals surface area contributed by atoms with E-state index in [1.165, 1.54) is 12.3 Å². The first kappa shape index (κ1) is 26.3. The molecule has 0 spiro atoms. The highest BCUT2D eigenvalue weighted by molar-refractivity contribution is 5.87. The van der Waals surface area contributed by atoms with E-state index in [0.29, 0.717) is 5.56 Å². The molecule has 0 bridgehead atoms. The second-order valence-corrected chi connectivity index (χ2v) is 10.5. The zero-order valence-electron chi connectivity index (χ0n) is 20.9. The molecule has 35 heavy (non-hydrogen) atoms. The first-order valence-corrected chi connectivity index (χ1v) is 11.1. The number of benzene rings is 3. The molecule has 3 aromatic carbocycles. The van der Waals surface area contributed by atoms with Gasteiger partial charge >= 0.3 is 0 Å². The van der Waals surface area contributed by atoms with Crippen LogP contribution in [0.5, 0.6) is 17.2 Å². The lowest BCUT2D eigenvalue weighted by atomic mass is 9.79. The minimum Gasteiger partial charge on any atom is -0.507 e. The highest BCUT2D eigenvalue weighted by Gasteiger charge is 2.26. The molecular formula is C28H29F4NO2. The maximum Gasteiger partial charge on any atom is 0.204 e. The van der Waals surface area contributed by atoms with Crippen LogP contribution in [0.15, 0.2) is 41.4 Å². The molecule has 0 aliphatic carbocycles. The molecule has 3 nitrogen and oxygen atoms in total. The number of hydrogen-bond acceptors (Lipinski definition) is 3. The van der Waals surface area contributed by atoms with Gasteiger partial charge in [0.25, 0.3) is 0 Å². The van der Waals surface area contributed by atoms with Gasteiger partial charge in [-0.25, -0.2) is 13.2 Å². The zero-order chi connectivity index (χ0) is 26.3. The summed E-state index contributed by atoms with van der Waals surface area (Å²) in [7, 11) is 0. The molecule has 186 valence electrons. The number of phenols is 1. The molecule has 3 aromatic rings. The molecule has 0 heterocycles. The molecule has 0 fully saturated rings. The van der Waals surface area contributed by atoms with Crippen molar-refractivity contribution in [3.05, 3.63) is 81.9 Å². The minimum absolute atomic E-state index is 0.00123. The zero-order valence-corrected chi connectivity index (χ0v) is 20.9. The Labute approximate surface area is 203 Å². The Morgan fingerprint density at radius 1 is 0.829 bits per heavy atom. The average molecular weight is 488 g/mol. The average Bonchev–Trinajstić information content (AvgIpc) is 2.77. The summed E-state index contributed by atoms with van der Waals surface area (Å²) in [5, 5.41) is 11.0. The summed E-state index contributed by atoms with van der Waals surface area (Å²) in [6.45, 7) is 13.3. The number of rotatable bonds is 4. The van der Waals surface area contributed by atoms with Gasteiger partial charge in [-0.2, -0.15) is 4.39 Å². The molecule has 0 saturated carbocycles. The molecule has 0 unspecified atom stereocenters. The maximum atomic E-state index is 14.4. The first-order chi connectivity index (χ1) is 16.1. The molecule has 0 aliphatic heterocycles. The van der Waals surface area contributed by atoms with Crippen LogP contribution in [0.3, 0.4) is 0 Å². The van der Waals surface area contributed by atoms with E-state index < -0.39 is 34.6 Å². The van der Waals surface area contributed by atoms with Gasteiger partial charge in [0, 0.05) is 22.9 Å². The summed E-state index contributed by atoms with van der Waals surface area (Å²) in [6.07, 6.45) is 1.46. The van der Waals surface area contributed by atoms with E-state index in [1.807, 2.05) is 32.9 Å². The Bertz CT molecular complexity index is 1270. The molecule has 0 aliphatic rings. The van der Waals surface area contributed by atoms with Gasteiger partial charge in [-0.15, -0.1) is 0 Å². The molecule has 0 saturated heterocycles. The van der Waals surface area contributed by atoms with Crippen LogP contribution in [-0.4, -0.2) is 11.3 Å². The number of aliphatic imine (C=N–C) groups is 1. The number of hydrogen-bond donors (Lipinski definition) is 1. The van der Waals surface area contributed by atoms with Crippen molar-refractivity contribution in [2.24, 2.45) is 4.99 Å². The molecule has 3 rings (SSSR count). The number of nitrogens with zero attached hydrogens (tertiary/aromatic N) is 1. The summed E-state index contributed by atoms with van der Waals surface area (Å²) >= 11 is 0. The fourth-order valence-corrected chi connectivity index (χ4v) is 3.50. The highest BCUT2D eigenvalue weighted by atomic mass is 19.2. The number of ether oxygens (including phenoxy) is 1. The largest absolute Gasteiger partial charge is 0.507 e. The van der Waals surface area contributed by atoms with Gasteiger partial charge in [0.05, 0.1) is 0 Å². The maximum absolute atomic E-state index is 14.4. The summed E-state index contributed by atoms with van der Waals surface area (Å²) in [5.41, 5.74) is 1.41. The lowest BCUT2D eigenvalue weighted by molar-refractivity contribution is 0.366. The molecule has 1 N–H and O–H groups in total. The summed E-state index contributed by atoms with van der Waals surface area (Å²) in [5.74, 6) is -7.71. The van der Waals surface area contributed by atoms with Gasteiger partial charge in [0.2, 0.25) is 11.6 Å². The van der Waals surface area contributed by atoms with E-state index in [1.54, 1.807) is 18.2 Å². The quantitative estimate of drug-likeness (QED) is 0.174. The Morgan fingerprint density at radius 2 is 1.43 bits per heavy atom. The molecule has 0 aromatic heterocycles. The van der Waals surface area contributed by atoms with Gasteiger partial charge in [0.1, 0.15) is 11.4 Å². The SMILES string of the molecule is Cc1c(F)c(F)c(F)c(F)c1Oc1ccccc1/N=C/c1cc(C(C)(C)C)cc(C(C)(C)C)c1O. The summed E-state index contributed by atoms with van der Waals surface area (Å²) in [6, 6.07) is 10.0. The predicted molar refractivity (Wildman–Crippen MR) is 130 cm³/mol. The van der Waals surface area contributed by atoms with Crippen molar-refractivity contribution in [2.75, 3.05) is 0 Å². The van der Waals surface area contributed by atoms with E-state index in [0.717, 1.165) is 18.1 Å². The second kappa shape index (κ2) is 9.36. The smallest absolute Gasteiger partial charge is 0.204 e. The molecule has 0 atom stereocenters. The van der Waals surface area contributed by atoms with E-state index >= 15 is 0 Å². The van der Waals surface area contributed by atoms with Gasteiger partial charge in [-0.3, -0.25) is 4.99 Å². The standard InChI is InChI=1S/C28H29F4NO2/c1-15-21(29)22(30)23(31)24(32)26(15)35-20-11-9-8-10-19(20)33-14-16-12-17(27(2,3)4)13-18(25(16)34)28(5,6)7/h8-14,34H,1-7H3/b33-14+. The van der Waals surface area contributed by atoms with Crippen molar-refractivity contribution in [1.29, 1.82) is 0 Å². The molecule has 0 radical (unpaired) electrons. The van der Waals surface area contributed by atoms with Gasteiger partial charge in [0.15, 0.2) is 23.1 Å². The van der Waals surface area contributed by atoms with Crippen molar-refractivity contribution in [3.63, 3.8) is 0 Å². The van der Waals surface area contributed by atoms with Gasteiger partial charge < -0.3 is 9.84 Å². The Balaban J connectivity index is 2.09. The van der Waals surface area contributed by atoms with Crippen LogP contribution in [-0.2, 0) is 10.8 Å². The third kappa shape index (κ3) is 5.34. The van der Waals surface area contributed by atoms with Gasteiger partial charge in [-0.05, 0) is 41.5 Å². The van der Waals surface area contributed by atoms with E-state index in [-0.39, 0.29) is 28.0 Å². The van der Waals surface area contributed by atoms with Crippen LogP contribution in [0.1, 0.15) is 63.8 Å². The lowest BCUT2D eigenvalue weighted by Gasteiger charge is -2.27. The van der Waals surface area contributed by atoms with Crippen LogP contribution in [0.2, 0.25) is 0 Å². The molecule has 7 heteroatoms. The third-order valence-corrected chi connectivity index (χ3v) is 5.68. The highest BCUT2D eigenvalue weighted by Crippen LogP contribution is 2.39. The van der Waals surface area contributed by atoms with Crippen LogP contribution in [0.25, 0.3) is 0 Å². The van der Waals surface area contributed by atoms with Crippen LogP contribution < -0.4 is 4.74 Å². The van der Waals surface area contributed by atoms with Crippen LogP contribution in [0, 0.1) is 30.2 Å². The Morgan fingerprint density at radius 3 is 2.03 bits per heavy atom. The fraction of sp³-hybridized carbons (Fsp3) is 0.321. The Hall–Kier alpha value is -3.35. The third-order valence-electron chi connectivity index (χ3n) is 5.68. The Kier molecular flexibility index (Phi) is 7.02. The van der Waals surface area contributed by atoms with Crippen LogP contribution >= 0.6 is 0 Å². The summed E-state index contributed by atoms with van der Waals surface area (Å²) in [4.78, 5) is 4.41. The monoisotopic (exact) mass is 487 g/mol. The van der Waals surface area contributed by atoms with Crippen molar-refractivity contribution >= 4 is 11.9 Å². The van der Waals surface area contributed by atoms with Crippen molar-refractivity contribution in [2.45, 2.75) is 59.3 Å². The van der Waals surface area contributed by atoms with Crippen molar-refractivity contribution in [1.82, 2.24) is 0 Å². The van der Waals surface area contributed by atoms with Crippen molar-refractivity contribution < 1.29 is 27.4 Å². The molecule has 0 amide bonds. The first-order valence-electron chi connectivity index (χ1n) is 11.1. The fourth-order valence-electron chi connectivity index (χ4n) is 3.50. The van der Waals surface area contributed by atoms with Crippen LogP contribution in [0.4, 0.5) is 23.2 Å². The van der Waals surface area contributed by atoms with Gasteiger partial charge in [-0.1, -0.05) is 59.7 Å². The van der Waals surface area contributed by atoms with E-state index in [9.17, 15) is 22.7 Å². The summed E-state index contributed by atoms with van der Waals surface area (Å²) < 4.78 is 61.1. The molecular weight excluding hydrogens is 458 g/mol. The van der Waals surface area contributed by atoms with E-state index in [2.05, 4.69) is 25.8 Å². The lowest BCUT2D eigenvalue weighted by Crippen LogP contribution is -2.17. The van der Waals surface area contributed by atoms with Crippen molar-refractivity contribution in [3.8, 4) is 17.2 Å². The number of halogens is 4. The normalized spacial score (nSPS) is 12.4. The number of para-hydroxylation sites is 2. The minimum atomic E-state index is -1.96. The topological polar surface area (TPSA) is 41.8 Å². The second-order valence-electron chi connectivity index (χ2n) is 10.5.